The Labute approximate surface area is 101 Å². The number of piperidine rings is 1. The van der Waals surface area contributed by atoms with Crippen LogP contribution in [0.5, 0.6) is 0 Å². The quantitative estimate of drug-likeness (QED) is 0.868. The third-order valence-corrected chi connectivity index (χ3v) is 3.27. The first-order chi connectivity index (χ1) is 8.15. The molecule has 0 atom stereocenters. The first-order valence-electron chi connectivity index (χ1n) is 6.07. The largest absolute Gasteiger partial charge is 0.481 e. The molecule has 1 N–H and O–H groups in total. The number of hydrogen-bond donors (Lipinski definition) is 1. The Bertz CT molecular complexity index is 381. The van der Waals surface area contributed by atoms with Crippen molar-refractivity contribution in [3.05, 3.63) is 23.9 Å². The van der Waals surface area contributed by atoms with E-state index in [-0.39, 0.29) is 6.42 Å². The van der Waals surface area contributed by atoms with Crippen molar-refractivity contribution in [2.45, 2.75) is 26.2 Å². The Balaban J connectivity index is 2.00. The van der Waals surface area contributed by atoms with Crippen LogP contribution in [0.4, 0.5) is 5.82 Å². The molecule has 0 aromatic carbocycles. The Hall–Kier alpha value is -1.58. The Morgan fingerprint density at radius 2 is 2.18 bits per heavy atom. The molecule has 4 nitrogen and oxygen atoms in total. The molecular formula is C13H18N2O2. The third kappa shape index (κ3) is 3.19. The lowest BCUT2D eigenvalue weighted by Crippen LogP contribution is -2.33. The van der Waals surface area contributed by atoms with Gasteiger partial charge in [0.05, 0.1) is 6.42 Å². The summed E-state index contributed by atoms with van der Waals surface area (Å²) in [5.74, 6) is 0.954. The maximum atomic E-state index is 10.6. The second-order valence-electron chi connectivity index (χ2n) is 4.76. The fourth-order valence-electron chi connectivity index (χ4n) is 2.12. The topological polar surface area (TPSA) is 53.4 Å². The van der Waals surface area contributed by atoms with Crippen molar-refractivity contribution < 1.29 is 9.90 Å². The van der Waals surface area contributed by atoms with Crippen molar-refractivity contribution in [1.29, 1.82) is 0 Å². The molecular weight excluding hydrogens is 216 g/mol. The van der Waals surface area contributed by atoms with Crippen LogP contribution >= 0.6 is 0 Å². The zero-order chi connectivity index (χ0) is 12.3. The highest BCUT2D eigenvalue weighted by Crippen LogP contribution is 2.21. The summed E-state index contributed by atoms with van der Waals surface area (Å²) >= 11 is 0. The van der Waals surface area contributed by atoms with Gasteiger partial charge in [-0.25, -0.2) is 4.98 Å². The van der Waals surface area contributed by atoms with Crippen LogP contribution in [0.2, 0.25) is 0 Å². The molecule has 0 spiro atoms. The minimum absolute atomic E-state index is 0.0459. The summed E-state index contributed by atoms with van der Waals surface area (Å²) in [6.07, 6.45) is 4.13. The van der Waals surface area contributed by atoms with Gasteiger partial charge in [-0.15, -0.1) is 0 Å². The van der Waals surface area contributed by atoms with E-state index in [2.05, 4.69) is 16.8 Å². The van der Waals surface area contributed by atoms with Gasteiger partial charge in [-0.3, -0.25) is 4.79 Å². The van der Waals surface area contributed by atoms with Crippen LogP contribution in [0.15, 0.2) is 18.3 Å². The predicted molar refractivity (Wildman–Crippen MR) is 66.2 cm³/mol. The normalized spacial score (nSPS) is 17.1. The van der Waals surface area contributed by atoms with Gasteiger partial charge in [0, 0.05) is 19.3 Å². The lowest BCUT2D eigenvalue weighted by atomic mass is 9.99. The summed E-state index contributed by atoms with van der Waals surface area (Å²) in [4.78, 5) is 17.2. The summed E-state index contributed by atoms with van der Waals surface area (Å²) in [5, 5.41) is 8.68. The summed E-state index contributed by atoms with van der Waals surface area (Å²) < 4.78 is 0. The molecule has 0 aliphatic carbocycles. The van der Waals surface area contributed by atoms with Crippen molar-refractivity contribution in [2.24, 2.45) is 5.92 Å². The number of pyridine rings is 1. The van der Waals surface area contributed by atoms with Crippen LogP contribution in [0.3, 0.4) is 0 Å². The Morgan fingerprint density at radius 3 is 2.71 bits per heavy atom. The fraction of sp³-hybridized carbons (Fsp3) is 0.538. The van der Waals surface area contributed by atoms with Crippen molar-refractivity contribution in [2.75, 3.05) is 18.0 Å². The van der Waals surface area contributed by atoms with E-state index in [1.165, 1.54) is 12.8 Å². The van der Waals surface area contributed by atoms with Gasteiger partial charge in [0.2, 0.25) is 0 Å². The molecule has 2 rings (SSSR count). The molecule has 2 heterocycles. The molecule has 4 heteroatoms. The lowest BCUT2D eigenvalue weighted by Gasteiger charge is -2.31. The van der Waals surface area contributed by atoms with E-state index >= 15 is 0 Å². The lowest BCUT2D eigenvalue weighted by molar-refractivity contribution is -0.136. The Morgan fingerprint density at radius 1 is 1.47 bits per heavy atom. The van der Waals surface area contributed by atoms with Gasteiger partial charge in [-0.2, -0.15) is 0 Å². The summed E-state index contributed by atoms with van der Waals surface area (Å²) in [6, 6.07) is 3.78. The van der Waals surface area contributed by atoms with E-state index in [0.29, 0.717) is 0 Å². The van der Waals surface area contributed by atoms with E-state index in [9.17, 15) is 4.79 Å². The van der Waals surface area contributed by atoms with Gasteiger partial charge in [0.25, 0.3) is 0 Å². The Kier molecular flexibility index (Phi) is 3.61. The number of carbonyl (C=O) groups is 1. The van der Waals surface area contributed by atoms with Crippen LogP contribution in [-0.4, -0.2) is 29.1 Å². The van der Waals surface area contributed by atoms with Crippen LogP contribution in [0.25, 0.3) is 0 Å². The monoisotopic (exact) mass is 234 g/mol. The predicted octanol–water partition coefficient (Wildman–Crippen LogP) is 1.95. The number of aliphatic carboxylic acids is 1. The average Bonchev–Trinajstić information content (AvgIpc) is 2.30. The number of nitrogens with zero attached hydrogens (tertiary/aromatic N) is 2. The molecule has 0 bridgehead atoms. The van der Waals surface area contributed by atoms with Gasteiger partial charge in [-0.05, 0) is 30.4 Å². The number of aromatic nitrogens is 1. The van der Waals surface area contributed by atoms with Crippen molar-refractivity contribution >= 4 is 11.8 Å². The number of anilines is 1. The summed E-state index contributed by atoms with van der Waals surface area (Å²) in [5.41, 5.74) is 0.756. The highest BCUT2D eigenvalue weighted by molar-refractivity contribution is 5.70. The first-order valence-corrected chi connectivity index (χ1v) is 6.07. The van der Waals surface area contributed by atoms with Crippen molar-refractivity contribution in [3.8, 4) is 0 Å². The van der Waals surface area contributed by atoms with Gasteiger partial charge in [0.1, 0.15) is 5.82 Å². The molecule has 0 amide bonds. The highest BCUT2D eigenvalue weighted by atomic mass is 16.4. The van der Waals surface area contributed by atoms with Crippen molar-refractivity contribution in [3.63, 3.8) is 0 Å². The van der Waals surface area contributed by atoms with Crippen LogP contribution < -0.4 is 4.90 Å². The molecule has 0 radical (unpaired) electrons. The molecule has 1 aromatic heterocycles. The molecule has 1 aromatic rings. The maximum absolute atomic E-state index is 10.6. The molecule has 92 valence electrons. The van der Waals surface area contributed by atoms with E-state index in [4.69, 9.17) is 5.11 Å². The summed E-state index contributed by atoms with van der Waals surface area (Å²) in [7, 11) is 0. The van der Waals surface area contributed by atoms with E-state index < -0.39 is 5.97 Å². The molecule has 1 aliphatic rings. The highest BCUT2D eigenvalue weighted by Gasteiger charge is 2.16. The van der Waals surface area contributed by atoms with Gasteiger partial charge >= 0.3 is 5.97 Å². The second kappa shape index (κ2) is 5.17. The standard InChI is InChI=1S/C13H18N2O2/c1-10-4-6-15(7-5-10)12-3-2-11(9-14-12)8-13(16)17/h2-3,9-10H,4-8H2,1H3,(H,16,17). The molecule has 1 aliphatic heterocycles. The third-order valence-electron chi connectivity index (χ3n) is 3.27. The number of carboxylic acids is 1. The summed E-state index contributed by atoms with van der Waals surface area (Å²) in [6.45, 7) is 4.37. The fourth-order valence-corrected chi connectivity index (χ4v) is 2.12. The smallest absolute Gasteiger partial charge is 0.307 e. The van der Waals surface area contributed by atoms with Crippen LogP contribution in [0, 0.1) is 5.92 Å². The van der Waals surface area contributed by atoms with Gasteiger partial charge in [0.15, 0.2) is 0 Å². The van der Waals surface area contributed by atoms with Crippen LogP contribution in [0.1, 0.15) is 25.3 Å². The minimum Gasteiger partial charge on any atom is -0.481 e. The minimum atomic E-state index is -0.814. The zero-order valence-electron chi connectivity index (χ0n) is 10.1. The second-order valence-corrected chi connectivity index (χ2v) is 4.76. The SMILES string of the molecule is CC1CCN(c2ccc(CC(=O)O)cn2)CC1. The average molecular weight is 234 g/mol. The number of rotatable bonds is 3. The number of hydrogen-bond acceptors (Lipinski definition) is 3. The van der Waals surface area contributed by atoms with E-state index in [0.717, 1.165) is 30.4 Å². The van der Waals surface area contributed by atoms with Crippen LogP contribution in [-0.2, 0) is 11.2 Å². The van der Waals surface area contributed by atoms with E-state index in [1.54, 1.807) is 6.20 Å². The molecule has 0 unspecified atom stereocenters. The van der Waals surface area contributed by atoms with E-state index in [1.807, 2.05) is 12.1 Å². The van der Waals surface area contributed by atoms with Crippen molar-refractivity contribution in [1.82, 2.24) is 4.98 Å². The number of carboxylic acid groups (broad SMARTS) is 1. The zero-order valence-corrected chi connectivity index (χ0v) is 10.1. The molecule has 1 fully saturated rings. The maximum Gasteiger partial charge on any atom is 0.307 e. The molecule has 17 heavy (non-hydrogen) atoms. The first kappa shape index (κ1) is 11.9. The molecule has 1 saturated heterocycles. The van der Waals surface area contributed by atoms with Gasteiger partial charge in [-0.1, -0.05) is 13.0 Å². The van der Waals surface area contributed by atoms with Gasteiger partial charge < -0.3 is 10.0 Å². The molecule has 0 saturated carbocycles.